The fourth-order valence-electron chi connectivity index (χ4n) is 2.56. The van der Waals surface area contributed by atoms with Crippen molar-refractivity contribution >= 4 is 12.1 Å². The van der Waals surface area contributed by atoms with E-state index in [4.69, 9.17) is 20.1 Å². The van der Waals surface area contributed by atoms with E-state index in [0.717, 1.165) is 30.6 Å². The summed E-state index contributed by atoms with van der Waals surface area (Å²) in [6.45, 7) is 1.22. The minimum atomic E-state index is -0.160. The molecule has 3 N–H and O–H groups in total. The molecule has 0 aliphatic rings. The molecule has 7 heteroatoms. The quantitative estimate of drug-likeness (QED) is 0.268. The summed E-state index contributed by atoms with van der Waals surface area (Å²) in [4.78, 5) is 11.7. The second-order valence-corrected chi connectivity index (χ2v) is 6.05. The number of rotatable bonds is 11. The fraction of sp³-hybridized carbons (Fsp3) is 0.333. The first kappa shape index (κ1) is 21.1. The van der Waals surface area contributed by atoms with Crippen LogP contribution >= 0.6 is 0 Å². The monoisotopic (exact) mass is 385 g/mol. The highest BCUT2D eigenvalue weighted by Crippen LogP contribution is 2.28. The molecule has 0 radical (unpaired) electrons. The Morgan fingerprint density at radius 3 is 2.39 bits per heavy atom. The number of amides is 1. The third-order valence-corrected chi connectivity index (χ3v) is 4.07. The Kier molecular flexibility index (Phi) is 8.65. The van der Waals surface area contributed by atoms with Gasteiger partial charge in [0.1, 0.15) is 5.75 Å². The van der Waals surface area contributed by atoms with E-state index >= 15 is 0 Å². The summed E-state index contributed by atoms with van der Waals surface area (Å²) in [5.74, 6) is 6.97. The molecule has 0 bridgehead atoms. The van der Waals surface area contributed by atoms with Crippen LogP contribution in [0.5, 0.6) is 17.2 Å². The van der Waals surface area contributed by atoms with Gasteiger partial charge in [-0.1, -0.05) is 0 Å². The molecule has 0 aromatic heterocycles. The summed E-state index contributed by atoms with van der Waals surface area (Å²) in [7, 11) is 3.15. The Morgan fingerprint density at radius 2 is 1.75 bits per heavy atom. The largest absolute Gasteiger partial charge is 0.494 e. The topological polar surface area (TPSA) is 95.2 Å². The van der Waals surface area contributed by atoms with Gasteiger partial charge in [-0.3, -0.25) is 4.79 Å². The highest BCUT2D eigenvalue weighted by molar-refractivity contribution is 5.94. The van der Waals surface area contributed by atoms with Gasteiger partial charge in [-0.15, -0.1) is 0 Å². The van der Waals surface area contributed by atoms with Gasteiger partial charge in [0, 0.05) is 12.6 Å². The van der Waals surface area contributed by atoms with Crippen molar-refractivity contribution < 1.29 is 19.0 Å². The van der Waals surface area contributed by atoms with Crippen LogP contribution in [-0.4, -0.2) is 39.5 Å². The molecule has 0 saturated carbocycles. The molecule has 0 heterocycles. The molecule has 7 nitrogen and oxygen atoms in total. The molecule has 150 valence electrons. The number of hydrogen-bond acceptors (Lipinski definition) is 6. The molecule has 0 fully saturated rings. The molecule has 2 aromatic carbocycles. The Morgan fingerprint density at radius 1 is 1.04 bits per heavy atom. The number of benzene rings is 2. The standard InChI is InChI=1S/C21H27N3O4/c1-23-21(25)17-8-11-19(20(14-17)26-2)28-13-5-3-4-12-27-18-9-6-16(7-10-18)15-24-22/h6-11,14-15H,3-5,12-13,22H2,1-2H3,(H,23,25). The van der Waals surface area contributed by atoms with Crippen molar-refractivity contribution in [3.05, 3.63) is 53.6 Å². The molecule has 0 atom stereocenters. The van der Waals surface area contributed by atoms with Gasteiger partial charge in [0.2, 0.25) is 0 Å². The van der Waals surface area contributed by atoms with Gasteiger partial charge in [0.15, 0.2) is 11.5 Å². The Bertz CT molecular complexity index is 776. The maximum atomic E-state index is 11.7. The van der Waals surface area contributed by atoms with E-state index in [2.05, 4.69) is 10.4 Å². The summed E-state index contributed by atoms with van der Waals surface area (Å²) < 4.78 is 16.8. The number of carbonyl (C=O) groups excluding carboxylic acids is 1. The van der Waals surface area contributed by atoms with Gasteiger partial charge in [-0.25, -0.2) is 0 Å². The van der Waals surface area contributed by atoms with Crippen LogP contribution in [0, 0.1) is 0 Å². The zero-order valence-electron chi connectivity index (χ0n) is 16.3. The lowest BCUT2D eigenvalue weighted by Gasteiger charge is -2.12. The minimum absolute atomic E-state index is 0.160. The Balaban J connectivity index is 1.67. The second-order valence-electron chi connectivity index (χ2n) is 6.05. The summed E-state index contributed by atoms with van der Waals surface area (Å²) in [5.41, 5.74) is 1.47. The number of ether oxygens (including phenoxy) is 3. The highest BCUT2D eigenvalue weighted by Gasteiger charge is 2.09. The number of hydrazone groups is 1. The SMILES string of the molecule is CNC(=O)c1ccc(OCCCCCOc2ccc(C=NN)cc2)c(OC)c1. The molecule has 0 unspecified atom stereocenters. The van der Waals surface area contributed by atoms with Crippen molar-refractivity contribution in [1.82, 2.24) is 5.32 Å². The van der Waals surface area contributed by atoms with Crippen LogP contribution < -0.4 is 25.4 Å². The van der Waals surface area contributed by atoms with Crippen molar-refractivity contribution in [2.45, 2.75) is 19.3 Å². The minimum Gasteiger partial charge on any atom is -0.494 e. The van der Waals surface area contributed by atoms with Crippen molar-refractivity contribution in [3.8, 4) is 17.2 Å². The number of methoxy groups -OCH3 is 1. The molecule has 0 saturated heterocycles. The number of nitrogens with two attached hydrogens (primary N) is 1. The molecule has 0 aliphatic carbocycles. The van der Waals surface area contributed by atoms with E-state index in [1.807, 2.05) is 24.3 Å². The maximum absolute atomic E-state index is 11.7. The van der Waals surface area contributed by atoms with E-state index in [-0.39, 0.29) is 5.91 Å². The molecule has 28 heavy (non-hydrogen) atoms. The third-order valence-electron chi connectivity index (χ3n) is 4.07. The zero-order valence-corrected chi connectivity index (χ0v) is 16.3. The van der Waals surface area contributed by atoms with Crippen molar-refractivity contribution in [3.63, 3.8) is 0 Å². The van der Waals surface area contributed by atoms with Crippen LogP contribution in [0.25, 0.3) is 0 Å². The van der Waals surface area contributed by atoms with E-state index in [1.54, 1.807) is 38.6 Å². The first-order chi connectivity index (χ1) is 13.7. The zero-order chi connectivity index (χ0) is 20.2. The van der Waals surface area contributed by atoms with Crippen molar-refractivity contribution in [2.24, 2.45) is 10.9 Å². The van der Waals surface area contributed by atoms with E-state index < -0.39 is 0 Å². The fourth-order valence-corrected chi connectivity index (χ4v) is 2.56. The van der Waals surface area contributed by atoms with Crippen LogP contribution in [0.3, 0.4) is 0 Å². The number of nitrogens with zero attached hydrogens (tertiary/aromatic N) is 1. The lowest BCUT2D eigenvalue weighted by Crippen LogP contribution is -2.17. The van der Waals surface area contributed by atoms with E-state index in [1.165, 1.54) is 0 Å². The van der Waals surface area contributed by atoms with Gasteiger partial charge in [0.25, 0.3) is 5.91 Å². The van der Waals surface area contributed by atoms with Gasteiger partial charge >= 0.3 is 0 Å². The van der Waals surface area contributed by atoms with Crippen LogP contribution in [0.1, 0.15) is 35.2 Å². The van der Waals surface area contributed by atoms with Crippen molar-refractivity contribution in [2.75, 3.05) is 27.4 Å². The van der Waals surface area contributed by atoms with Crippen LogP contribution in [0.15, 0.2) is 47.6 Å². The molecule has 2 rings (SSSR count). The van der Waals surface area contributed by atoms with Crippen LogP contribution in [0.4, 0.5) is 0 Å². The van der Waals surface area contributed by atoms with Gasteiger partial charge < -0.3 is 25.4 Å². The predicted octanol–water partition coefficient (Wildman–Crippen LogP) is 2.98. The predicted molar refractivity (Wildman–Crippen MR) is 109 cm³/mol. The second kappa shape index (κ2) is 11.5. The Hall–Kier alpha value is -3.22. The van der Waals surface area contributed by atoms with Crippen LogP contribution in [0.2, 0.25) is 0 Å². The van der Waals surface area contributed by atoms with E-state index in [0.29, 0.717) is 30.3 Å². The first-order valence-corrected chi connectivity index (χ1v) is 9.17. The molecule has 0 aliphatic heterocycles. The molecule has 1 amide bonds. The highest BCUT2D eigenvalue weighted by atomic mass is 16.5. The molecule has 0 spiro atoms. The summed E-state index contributed by atoms with van der Waals surface area (Å²) in [5, 5.41) is 6.07. The molecular weight excluding hydrogens is 358 g/mol. The Labute approximate surface area is 165 Å². The average molecular weight is 385 g/mol. The number of nitrogens with one attached hydrogen (secondary N) is 1. The smallest absolute Gasteiger partial charge is 0.251 e. The van der Waals surface area contributed by atoms with Gasteiger partial charge in [0.05, 0.1) is 26.5 Å². The lowest BCUT2D eigenvalue weighted by molar-refractivity contribution is 0.0962. The number of unbranched alkanes of at least 4 members (excludes halogenated alkanes) is 2. The summed E-state index contributed by atoms with van der Waals surface area (Å²) >= 11 is 0. The van der Waals surface area contributed by atoms with Crippen LogP contribution in [-0.2, 0) is 0 Å². The normalized spacial score (nSPS) is 10.6. The van der Waals surface area contributed by atoms with E-state index in [9.17, 15) is 4.79 Å². The average Bonchev–Trinajstić information content (AvgIpc) is 2.73. The maximum Gasteiger partial charge on any atom is 0.251 e. The summed E-state index contributed by atoms with van der Waals surface area (Å²) in [6.07, 6.45) is 4.40. The summed E-state index contributed by atoms with van der Waals surface area (Å²) in [6, 6.07) is 12.8. The molecular formula is C21H27N3O4. The first-order valence-electron chi connectivity index (χ1n) is 9.17. The third kappa shape index (κ3) is 6.50. The number of carbonyl (C=O) groups is 1. The van der Waals surface area contributed by atoms with Crippen molar-refractivity contribution in [1.29, 1.82) is 0 Å². The van der Waals surface area contributed by atoms with Gasteiger partial charge in [-0.2, -0.15) is 5.10 Å². The lowest BCUT2D eigenvalue weighted by atomic mass is 10.2. The molecule has 2 aromatic rings. The number of hydrogen-bond donors (Lipinski definition) is 2. The van der Waals surface area contributed by atoms with Gasteiger partial charge in [-0.05, 0) is 67.3 Å².